The van der Waals surface area contributed by atoms with Crippen LogP contribution in [-0.2, 0) is 9.59 Å². The van der Waals surface area contributed by atoms with E-state index in [2.05, 4.69) is 10.2 Å². The molecule has 0 aromatic heterocycles. The van der Waals surface area contributed by atoms with Gasteiger partial charge >= 0.3 is 0 Å². The Morgan fingerprint density at radius 2 is 1.74 bits per heavy atom. The molecule has 2 saturated carbocycles. The molecule has 2 heterocycles. The fourth-order valence-electron chi connectivity index (χ4n) is 4.08. The summed E-state index contributed by atoms with van der Waals surface area (Å²) in [5.41, 5.74) is 0. The lowest BCUT2D eigenvalue weighted by molar-refractivity contribution is -0.137. The monoisotopic (exact) mass is 319 g/mol. The summed E-state index contributed by atoms with van der Waals surface area (Å²) in [4.78, 5) is 29.2. The van der Waals surface area contributed by atoms with Gasteiger partial charge in [0.15, 0.2) is 0 Å². The number of hydrogen-bond donors (Lipinski definition) is 1. The van der Waals surface area contributed by atoms with Gasteiger partial charge in [-0.3, -0.25) is 9.59 Å². The lowest BCUT2D eigenvalue weighted by atomic mass is 9.96. The Morgan fingerprint density at radius 3 is 2.48 bits per heavy atom. The summed E-state index contributed by atoms with van der Waals surface area (Å²) in [5, 5.41) is 3.26. The van der Waals surface area contributed by atoms with Crippen LogP contribution < -0.4 is 5.32 Å². The highest BCUT2D eigenvalue weighted by atomic mass is 16.2. The van der Waals surface area contributed by atoms with Crippen molar-refractivity contribution in [2.75, 3.05) is 32.7 Å². The molecule has 0 radical (unpaired) electrons. The third-order valence-corrected chi connectivity index (χ3v) is 5.86. The maximum Gasteiger partial charge on any atom is 0.225 e. The third kappa shape index (κ3) is 3.87. The van der Waals surface area contributed by atoms with Crippen molar-refractivity contribution in [2.24, 2.45) is 17.8 Å². The first-order chi connectivity index (χ1) is 11.2. The molecule has 23 heavy (non-hydrogen) atoms. The molecule has 2 aliphatic heterocycles. The van der Waals surface area contributed by atoms with Crippen LogP contribution >= 0.6 is 0 Å². The van der Waals surface area contributed by atoms with Crippen LogP contribution in [-0.4, -0.2) is 60.4 Å². The minimum atomic E-state index is 0.00364. The Morgan fingerprint density at radius 1 is 0.913 bits per heavy atom. The average molecular weight is 319 g/mol. The summed E-state index contributed by atoms with van der Waals surface area (Å²) in [6.45, 7) is 4.84. The van der Waals surface area contributed by atoms with Gasteiger partial charge in [-0.1, -0.05) is 0 Å². The van der Waals surface area contributed by atoms with Gasteiger partial charge in [0.05, 0.1) is 5.92 Å². The zero-order valence-corrected chi connectivity index (χ0v) is 14.0. The van der Waals surface area contributed by atoms with Crippen molar-refractivity contribution in [3.8, 4) is 0 Å². The highest BCUT2D eigenvalue weighted by Gasteiger charge is 2.37. The summed E-state index contributed by atoms with van der Waals surface area (Å²) in [5.74, 6) is 1.66. The molecule has 0 unspecified atom stereocenters. The van der Waals surface area contributed by atoms with E-state index in [-0.39, 0.29) is 17.7 Å². The van der Waals surface area contributed by atoms with Gasteiger partial charge in [-0.25, -0.2) is 0 Å². The van der Waals surface area contributed by atoms with Crippen molar-refractivity contribution < 1.29 is 9.59 Å². The number of nitrogens with one attached hydrogen (secondary N) is 1. The van der Waals surface area contributed by atoms with Gasteiger partial charge in [-0.15, -0.1) is 0 Å². The predicted octanol–water partition coefficient (Wildman–Crippen LogP) is 1.24. The van der Waals surface area contributed by atoms with E-state index in [4.69, 9.17) is 0 Å². The summed E-state index contributed by atoms with van der Waals surface area (Å²) in [6, 6.07) is 0.316. The summed E-state index contributed by atoms with van der Waals surface area (Å²) in [7, 11) is 0. The molecule has 4 rings (SSSR count). The molecule has 4 fully saturated rings. The molecular formula is C18H29N3O2. The molecular weight excluding hydrogens is 290 g/mol. The Hall–Kier alpha value is -1.10. The molecule has 5 heteroatoms. The minimum Gasteiger partial charge on any atom is -0.352 e. The van der Waals surface area contributed by atoms with E-state index in [0.717, 1.165) is 57.7 Å². The smallest absolute Gasteiger partial charge is 0.225 e. The Bertz CT molecular complexity index is 473. The Kier molecular flexibility index (Phi) is 4.31. The van der Waals surface area contributed by atoms with Crippen LogP contribution in [0, 0.1) is 17.8 Å². The zero-order chi connectivity index (χ0) is 15.8. The lowest BCUT2D eigenvalue weighted by Crippen LogP contribution is -2.48. The van der Waals surface area contributed by atoms with Crippen molar-refractivity contribution in [2.45, 2.75) is 51.0 Å². The van der Waals surface area contributed by atoms with Crippen molar-refractivity contribution >= 4 is 11.8 Å². The molecule has 5 nitrogen and oxygen atoms in total. The second kappa shape index (κ2) is 6.42. The number of piperidine rings is 1. The number of nitrogens with zero attached hydrogens (tertiary/aromatic N) is 2. The van der Waals surface area contributed by atoms with Crippen LogP contribution in [0.4, 0.5) is 0 Å². The van der Waals surface area contributed by atoms with Crippen molar-refractivity contribution in [1.29, 1.82) is 0 Å². The fourth-order valence-corrected chi connectivity index (χ4v) is 4.08. The van der Waals surface area contributed by atoms with Gasteiger partial charge in [0.2, 0.25) is 11.8 Å². The van der Waals surface area contributed by atoms with Crippen LogP contribution in [0.25, 0.3) is 0 Å². The predicted molar refractivity (Wildman–Crippen MR) is 87.7 cm³/mol. The highest BCUT2D eigenvalue weighted by Crippen LogP contribution is 2.33. The SMILES string of the molecule is O=C(N[C@H]1CCN(CC2CC2)C1)[C@H]1CCCN(C(=O)C2CC2)C1. The van der Waals surface area contributed by atoms with E-state index in [0.29, 0.717) is 18.5 Å². The minimum absolute atomic E-state index is 0.00364. The van der Waals surface area contributed by atoms with Crippen LogP contribution in [0.5, 0.6) is 0 Å². The normalized spacial score (nSPS) is 32.1. The zero-order valence-electron chi connectivity index (χ0n) is 14.0. The first-order valence-electron chi connectivity index (χ1n) is 9.50. The van der Waals surface area contributed by atoms with E-state index in [1.165, 1.54) is 19.4 Å². The van der Waals surface area contributed by atoms with Gasteiger partial charge in [-0.05, 0) is 50.9 Å². The van der Waals surface area contributed by atoms with Gasteiger partial charge in [-0.2, -0.15) is 0 Å². The maximum absolute atomic E-state index is 12.6. The standard InChI is InChI=1S/C18H29N3O2/c22-17(19-16-7-9-20(12-16)10-13-3-4-13)15-2-1-8-21(11-15)18(23)14-5-6-14/h13-16H,1-12H2,(H,19,22)/t15-,16-/m0/s1. The molecule has 4 aliphatic rings. The number of likely N-dealkylation sites (tertiary alicyclic amines) is 2. The van der Waals surface area contributed by atoms with Crippen molar-refractivity contribution in [1.82, 2.24) is 15.1 Å². The van der Waals surface area contributed by atoms with E-state index in [9.17, 15) is 9.59 Å². The van der Waals surface area contributed by atoms with Crippen LogP contribution in [0.3, 0.4) is 0 Å². The number of amides is 2. The maximum atomic E-state index is 12.6. The molecule has 0 spiro atoms. The van der Waals surface area contributed by atoms with E-state index < -0.39 is 0 Å². The first kappa shape index (κ1) is 15.4. The van der Waals surface area contributed by atoms with Gasteiger partial charge < -0.3 is 15.1 Å². The molecule has 0 aromatic rings. The number of rotatable bonds is 5. The van der Waals surface area contributed by atoms with E-state index in [1.54, 1.807) is 0 Å². The molecule has 128 valence electrons. The summed E-state index contributed by atoms with van der Waals surface area (Å²) >= 11 is 0. The van der Waals surface area contributed by atoms with Gasteiger partial charge in [0.1, 0.15) is 0 Å². The van der Waals surface area contributed by atoms with Crippen LogP contribution in [0.2, 0.25) is 0 Å². The molecule has 2 aliphatic carbocycles. The summed E-state index contributed by atoms with van der Waals surface area (Å²) < 4.78 is 0. The largest absolute Gasteiger partial charge is 0.352 e. The quantitative estimate of drug-likeness (QED) is 0.829. The fraction of sp³-hybridized carbons (Fsp3) is 0.889. The lowest BCUT2D eigenvalue weighted by Gasteiger charge is -2.32. The second-order valence-electron chi connectivity index (χ2n) is 8.09. The average Bonchev–Trinajstić information content (AvgIpc) is 3.47. The second-order valence-corrected chi connectivity index (χ2v) is 8.09. The van der Waals surface area contributed by atoms with Crippen LogP contribution in [0.15, 0.2) is 0 Å². The van der Waals surface area contributed by atoms with E-state index in [1.807, 2.05) is 4.90 Å². The summed E-state index contributed by atoms with van der Waals surface area (Å²) in [6.07, 6.45) is 7.85. The van der Waals surface area contributed by atoms with Gasteiger partial charge in [0.25, 0.3) is 0 Å². The van der Waals surface area contributed by atoms with Crippen LogP contribution in [0.1, 0.15) is 44.9 Å². The van der Waals surface area contributed by atoms with E-state index >= 15 is 0 Å². The third-order valence-electron chi connectivity index (χ3n) is 5.86. The van der Waals surface area contributed by atoms with Crippen molar-refractivity contribution in [3.63, 3.8) is 0 Å². The molecule has 0 aromatic carbocycles. The topological polar surface area (TPSA) is 52.7 Å². The van der Waals surface area contributed by atoms with Crippen molar-refractivity contribution in [3.05, 3.63) is 0 Å². The number of carbonyl (C=O) groups excluding carboxylic acids is 2. The first-order valence-corrected chi connectivity index (χ1v) is 9.50. The number of hydrogen-bond acceptors (Lipinski definition) is 3. The molecule has 0 bridgehead atoms. The molecule has 1 N–H and O–H groups in total. The molecule has 2 atom stereocenters. The molecule has 2 amide bonds. The Balaban J connectivity index is 1.24. The molecule has 2 saturated heterocycles. The number of carbonyl (C=O) groups is 2. The highest BCUT2D eigenvalue weighted by molar-refractivity contribution is 5.83. The Labute approximate surface area is 138 Å². The van der Waals surface area contributed by atoms with Gasteiger partial charge in [0, 0.05) is 44.7 Å².